The standard InChI is InChI=1S/C62H44N2/c1-3-19-44(20-4-1)52-25-11-14-31-59(52)62(42-18-17-30-58(62)46-21-5-2-6-22-46)64(50-40-38-48(39-41-50)63-60-32-15-12-28-55(60)56-29-13-16-33-61(56)63)49-36-34-45(35-37-49)57-43-47-23-7-8-24-51(47)53-26-9-10-27-54(53)57/h1-41,43H,42H2. The molecule has 1 aromatic heterocycles. The van der Waals surface area contributed by atoms with Gasteiger partial charge in [-0.1, -0.05) is 200 Å². The molecule has 2 nitrogen and oxygen atoms in total. The Balaban J connectivity index is 1.11. The van der Waals surface area contributed by atoms with Gasteiger partial charge in [0.05, 0.1) is 11.0 Å². The predicted octanol–water partition coefficient (Wildman–Crippen LogP) is 16.5. The Kier molecular flexibility index (Phi) is 9.16. The van der Waals surface area contributed by atoms with Gasteiger partial charge in [-0.25, -0.2) is 0 Å². The van der Waals surface area contributed by atoms with Crippen molar-refractivity contribution in [2.24, 2.45) is 0 Å². The zero-order valence-electron chi connectivity index (χ0n) is 35.4. The summed E-state index contributed by atoms with van der Waals surface area (Å²) in [5.74, 6) is 0. The van der Waals surface area contributed by atoms with Crippen LogP contribution in [0.4, 0.5) is 11.4 Å². The lowest BCUT2D eigenvalue weighted by atomic mass is 9.70. The van der Waals surface area contributed by atoms with E-state index >= 15 is 0 Å². The summed E-state index contributed by atoms with van der Waals surface area (Å²) in [7, 11) is 0. The zero-order valence-corrected chi connectivity index (χ0v) is 35.4. The number of hydrogen-bond acceptors (Lipinski definition) is 1. The van der Waals surface area contributed by atoms with Crippen LogP contribution in [0.5, 0.6) is 0 Å². The van der Waals surface area contributed by atoms with E-state index in [4.69, 9.17) is 0 Å². The maximum absolute atomic E-state index is 2.62. The van der Waals surface area contributed by atoms with E-state index in [9.17, 15) is 0 Å². The Morgan fingerprint density at radius 1 is 0.391 bits per heavy atom. The number of fused-ring (bicyclic) bond motifs is 6. The fraction of sp³-hybridized carbons (Fsp3) is 0.0323. The van der Waals surface area contributed by atoms with Gasteiger partial charge < -0.3 is 9.47 Å². The van der Waals surface area contributed by atoms with Crippen LogP contribution in [-0.4, -0.2) is 4.57 Å². The summed E-state index contributed by atoms with van der Waals surface area (Å²) < 4.78 is 2.40. The molecule has 11 aromatic rings. The number of nitrogens with zero attached hydrogens (tertiary/aromatic N) is 2. The Bertz CT molecular complexity index is 3510. The lowest BCUT2D eigenvalue weighted by Crippen LogP contribution is -2.45. The van der Waals surface area contributed by atoms with Crippen LogP contribution < -0.4 is 4.90 Å². The van der Waals surface area contributed by atoms with E-state index in [1.165, 1.54) is 82.3 Å². The summed E-state index contributed by atoms with van der Waals surface area (Å²) in [5, 5.41) is 7.56. The summed E-state index contributed by atoms with van der Waals surface area (Å²) >= 11 is 0. The molecule has 1 aliphatic rings. The molecule has 1 heterocycles. The molecule has 1 unspecified atom stereocenters. The Morgan fingerprint density at radius 2 is 0.906 bits per heavy atom. The maximum Gasteiger partial charge on any atom is 0.100 e. The second-order valence-corrected chi connectivity index (χ2v) is 16.8. The van der Waals surface area contributed by atoms with Crippen LogP contribution in [-0.2, 0) is 5.54 Å². The van der Waals surface area contributed by atoms with Gasteiger partial charge in [-0.2, -0.15) is 0 Å². The molecule has 0 N–H and O–H groups in total. The summed E-state index contributed by atoms with van der Waals surface area (Å²) in [4.78, 5) is 2.62. The second kappa shape index (κ2) is 15.6. The highest BCUT2D eigenvalue weighted by Crippen LogP contribution is 2.54. The quantitative estimate of drug-likeness (QED) is 0.139. The highest BCUT2D eigenvalue weighted by Gasteiger charge is 2.45. The number of allylic oxidation sites excluding steroid dienone is 2. The van der Waals surface area contributed by atoms with Gasteiger partial charge in [0.15, 0.2) is 0 Å². The van der Waals surface area contributed by atoms with Gasteiger partial charge in [0, 0.05) is 27.8 Å². The molecular weight excluding hydrogens is 773 g/mol. The van der Waals surface area contributed by atoms with Crippen molar-refractivity contribution in [1.82, 2.24) is 4.57 Å². The van der Waals surface area contributed by atoms with Crippen LogP contribution in [0.15, 0.2) is 255 Å². The number of anilines is 2. The smallest absolute Gasteiger partial charge is 0.100 e. The minimum absolute atomic E-state index is 0.659. The average molecular weight is 817 g/mol. The van der Waals surface area contributed by atoms with Crippen LogP contribution in [0.3, 0.4) is 0 Å². The third-order valence-electron chi connectivity index (χ3n) is 13.3. The minimum Gasteiger partial charge on any atom is -0.327 e. The molecule has 0 aliphatic heterocycles. The van der Waals surface area contributed by atoms with Gasteiger partial charge in [0.2, 0.25) is 0 Å². The summed E-state index contributed by atoms with van der Waals surface area (Å²) in [6.07, 6.45) is 7.69. The maximum atomic E-state index is 2.62. The lowest BCUT2D eigenvalue weighted by Gasteiger charge is -2.49. The molecule has 0 saturated carbocycles. The van der Waals surface area contributed by atoms with Crippen molar-refractivity contribution >= 4 is 60.3 Å². The molecule has 1 aliphatic carbocycles. The summed E-state index contributed by atoms with van der Waals surface area (Å²) in [6.45, 7) is 0. The fourth-order valence-electron chi connectivity index (χ4n) is 10.5. The van der Waals surface area contributed by atoms with Gasteiger partial charge in [0.25, 0.3) is 0 Å². The predicted molar refractivity (Wildman–Crippen MR) is 272 cm³/mol. The third-order valence-corrected chi connectivity index (χ3v) is 13.3. The SMILES string of the molecule is C1=CCC(c2ccccc2-c2ccccc2)(N(c2ccc(-c3cc4ccccc4c4ccccc34)cc2)c2ccc(-n3c4ccccc4c4ccccc43)cc2)C(c2ccccc2)=C1. The first-order valence-electron chi connectivity index (χ1n) is 22.2. The molecule has 1 atom stereocenters. The van der Waals surface area contributed by atoms with Crippen LogP contribution in [0, 0.1) is 0 Å². The van der Waals surface area contributed by atoms with E-state index in [0.29, 0.717) is 0 Å². The first-order chi connectivity index (χ1) is 31.8. The van der Waals surface area contributed by atoms with Crippen molar-refractivity contribution in [1.29, 1.82) is 0 Å². The molecular formula is C62H44N2. The third kappa shape index (κ3) is 6.10. The molecule has 0 amide bonds. The highest BCUT2D eigenvalue weighted by atomic mass is 15.2. The van der Waals surface area contributed by atoms with E-state index < -0.39 is 5.54 Å². The van der Waals surface area contributed by atoms with Crippen molar-refractivity contribution < 1.29 is 0 Å². The van der Waals surface area contributed by atoms with Crippen molar-refractivity contribution in [2.45, 2.75) is 12.0 Å². The van der Waals surface area contributed by atoms with Crippen LogP contribution in [0.1, 0.15) is 17.5 Å². The molecule has 0 radical (unpaired) electrons. The molecule has 2 heteroatoms. The van der Waals surface area contributed by atoms with E-state index in [-0.39, 0.29) is 0 Å². The first-order valence-corrected chi connectivity index (χ1v) is 22.2. The van der Waals surface area contributed by atoms with Crippen LogP contribution in [0.25, 0.3) is 76.9 Å². The summed E-state index contributed by atoms with van der Waals surface area (Å²) in [5.41, 5.74) is 13.6. The second-order valence-electron chi connectivity index (χ2n) is 16.8. The van der Waals surface area contributed by atoms with E-state index in [2.05, 4.69) is 264 Å². The van der Waals surface area contributed by atoms with E-state index in [0.717, 1.165) is 23.5 Å². The van der Waals surface area contributed by atoms with Gasteiger partial charge in [0.1, 0.15) is 5.54 Å². The summed E-state index contributed by atoms with van der Waals surface area (Å²) in [6, 6.07) is 86.9. The molecule has 0 saturated heterocycles. The zero-order chi connectivity index (χ0) is 42.5. The molecule has 64 heavy (non-hydrogen) atoms. The Labute approximate surface area is 373 Å². The minimum atomic E-state index is -0.659. The van der Waals surface area contributed by atoms with Gasteiger partial charge in [-0.15, -0.1) is 0 Å². The highest BCUT2D eigenvalue weighted by molar-refractivity contribution is 6.14. The van der Waals surface area contributed by atoms with Crippen molar-refractivity contribution in [2.75, 3.05) is 4.90 Å². The topological polar surface area (TPSA) is 8.17 Å². The molecule has 302 valence electrons. The largest absolute Gasteiger partial charge is 0.327 e. The van der Waals surface area contributed by atoms with Gasteiger partial charge >= 0.3 is 0 Å². The number of hydrogen-bond donors (Lipinski definition) is 0. The average Bonchev–Trinajstić information content (AvgIpc) is 3.72. The van der Waals surface area contributed by atoms with Gasteiger partial charge in [-0.05, 0) is 122 Å². The van der Waals surface area contributed by atoms with Gasteiger partial charge in [-0.3, -0.25) is 0 Å². The van der Waals surface area contributed by atoms with Crippen molar-refractivity contribution in [3.8, 4) is 27.9 Å². The van der Waals surface area contributed by atoms with E-state index in [1.54, 1.807) is 0 Å². The van der Waals surface area contributed by atoms with E-state index in [1.807, 2.05) is 0 Å². The molecule has 0 spiro atoms. The Morgan fingerprint density at radius 3 is 1.59 bits per heavy atom. The number of para-hydroxylation sites is 2. The molecule has 12 rings (SSSR count). The molecule has 0 bridgehead atoms. The van der Waals surface area contributed by atoms with Crippen LogP contribution in [0.2, 0.25) is 0 Å². The molecule has 0 fully saturated rings. The number of rotatable bonds is 8. The Hall–Kier alpha value is -8.20. The normalized spacial score (nSPS) is 14.9. The van der Waals surface area contributed by atoms with Crippen molar-refractivity contribution in [3.05, 3.63) is 266 Å². The number of aromatic nitrogens is 1. The lowest BCUT2D eigenvalue weighted by molar-refractivity contribution is 0.568. The monoisotopic (exact) mass is 816 g/mol. The molecule has 10 aromatic carbocycles. The van der Waals surface area contributed by atoms with Crippen molar-refractivity contribution in [3.63, 3.8) is 0 Å². The first kappa shape index (κ1) is 37.6. The fourth-order valence-corrected chi connectivity index (χ4v) is 10.5. The van der Waals surface area contributed by atoms with Crippen LogP contribution >= 0.6 is 0 Å². The number of benzene rings is 10.